The highest BCUT2D eigenvalue weighted by atomic mass is 35.5. The number of nitrogens with one attached hydrogen (secondary N) is 1. The van der Waals surface area contributed by atoms with Crippen molar-refractivity contribution < 1.29 is 4.79 Å². The molecule has 5 nitrogen and oxygen atoms in total. The van der Waals surface area contributed by atoms with Gasteiger partial charge < -0.3 is 5.32 Å². The highest BCUT2D eigenvalue weighted by Gasteiger charge is 2.22. The fourth-order valence-corrected chi connectivity index (χ4v) is 3.26. The Morgan fingerprint density at radius 2 is 1.93 bits per heavy atom. The third kappa shape index (κ3) is 4.31. The van der Waals surface area contributed by atoms with Crippen molar-refractivity contribution >= 4 is 23.2 Å². The predicted molar refractivity (Wildman–Crippen MR) is 113 cm³/mol. The molecule has 3 aromatic rings. The second-order valence-electron chi connectivity index (χ2n) is 6.74. The van der Waals surface area contributed by atoms with Gasteiger partial charge in [-0.3, -0.25) is 9.59 Å². The van der Waals surface area contributed by atoms with E-state index >= 15 is 0 Å². The summed E-state index contributed by atoms with van der Waals surface area (Å²) >= 11 is 5.98. The summed E-state index contributed by atoms with van der Waals surface area (Å²) in [6.45, 7) is 5.85. The van der Waals surface area contributed by atoms with Crippen molar-refractivity contribution in [3.63, 3.8) is 0 Å². The predicted octanol–water partition coefficient (Wildman–Crippen LogP) is 4.77. The molecule has 1 amide bonds. The Morgan fingerprint density at radius 1 is 1.14 bits per heavy atom. The second kappa shape index (κ2) is 8.40. The van der Waals surface area contributed by atoms with Crippen LogP contribution in [0.4, 0.5) is 5.69 Å². The highest BCUT2D eigenvalue weighted by molar-refractivity contribution is 6.30. The van der Waals surface area contributed by atoms with Crippen LogP contribution in [0, 0.1) is 13.8 Å². The molecule has 1 aromatic heterocycles. The number of aryl methyl sites for hydroxylation is 2. The zero-order valence-electron chi connectivity index (χ0n) is 16.1. The minimum absolute atomic E-state index is 0.308. The SMILES string of the molecule is CC[C@@H](C(=O)Nc1cccc(Cl)c1)n1nc(-c2cc(C)ccc2C)ccc1=O. The van der Waals surface area contributed by atoms with Crippen LogP contribution in [0.2, 0.25) is 5.02 Å². The topological polar surface area (TPSA) is 64.0 Å². The molecule has 0 saturated carbocycles. The number of aromatic nitrogens is 2. The molecule has 1 N–H and O–H groups in total. The van der Waals surface area contributed by atoms with Crippen molar-refractivity contribution in [3.8, 4) is 11.3 Å². The van der Waals surface area contributed by atoms with Crippen LogP contribution in [0.15, 0.2) is 59.4 Å². The first-order valence-electron chi connectivity index (χ1n) is 9.13. The Labute approximate surface area is 169 Å². The van der Waals surface area contributed by atoms with E-state index in [1.54, 1.807) is 30.3 Å². The van der Waals surface area contributed by atoms with Gasteiger partial charge in [0.1, 0.15) is 6.04 Å². The lowest BCUT2D eigenvalue weighted by Crippen LogP contribution is -2.34. The number of carbonyl (C=O) groups excluding carboxylic acids is 1. The van der Waals surface area contributed by atoms with Gasteiger partial charge in [-0.25, -0.2) is 4.68 Å². The molecule has 0 aliphatic carbocycles. The second-order valence-corrected chi connectivity index (χ2v) is 7.18. The van der Waals surface area contributed by atoms with Gasteiger partial charge >= 0.3 is 0 Å². The summed E-state index contributed by atoms with van der Waals surface area (Å²) in [5.74, 6) is -0.308. The number of hydrogen-bond acceptors (Lipinski definition) is 3. The average molecular weight is 396 g/mol. The largest absolute Gasteiger partial charge is 0.324 e. The normalized spacial score (nSPS) is 11.9. The zero-order valence-corrected chi connectivity index (χ0v) is 16.8. The minimum atomic E-state index is -0.725. The maximum atomic E-state index is 12.8. The van der Waals surface area contributed by atoms with Crippen LogP contribution in [0.3, 0.4) is 0 Å². The van der Waals surface area contributed by atoms with Crippen LogP contribution < -0.4 is 10.9 Å². The molecular weight excluding hydrogens is 374 g/mol. The van der Waals surface area contributed by atoms with Gasteiger partial charge in [-0.1, -0.05) is 42.3 Å². The van der Waals surface area contributed by atoms with E-state index in [1.165, 1.54) is 10.7 Å². The van der Waals surface area contributed by atoms with Crippen molar-refractivity contribution in [2.75, 3.05) is 5.32 Å². The average Bonchev–Trinajstić information content (AvgIpc) is 2.66. The Bertz CT molecular complexity index is 1080. The number of halogens is 1. The molecular formula is C22H22ClN3O2. The van der Waals surface area contributed by atoms with Crippen LogP contribution in [-0.2, 0) is 4.79 Å². The molecule has 1 heterocycles. The monoisotopic (exact) mass is 395 g/mol. The molecule has 144 valence electrons. The lowest BCUT2D eigenvalue weighted by atomic mass is 10.0. The van der Waals surface area contributed by atoms with Crippen molar-refractivity contribution in [3.05, 3.63) is 81.1 Å². The van der Waals surface area contributed by atoms with E-state index < -0.39 is 6.04 Å². The lowest BCUT2D eigenvalue weighted by molar-refractivity contribution is -0.119. The molecule has 0 bridgehead atoms. The molecule has 0 saturated heterocycles. The van der Waals surface area contributed by atoms with Gasteiger partial charge in [0.2, 0.25) is 5.91 Å². The number of hydrogen-bond donors (Lipinski definition) is 1. The van der Waals surface area contributed by atoms with Gasteiger partial charge in [0.05, 0.1) is 5.69 Å². The van der Waals surface area contributed by atoms with E-state index in [0.29, 0.717) is 22.8 Å². The quantitative estimate of drug-likeness (QED) is 0.676. The third-order valence-electron chi connectivity index (χ3n) is 4.57. The van der Waals surface area contributed by atoms with Gasteiger partial charge in [-0.15, -0.1) is 0 Å². The van der Waals surface area contributed by atoms with Gasteiger partial charge in [0, 0.05) is 22.3 Å². The van der Waals surface area contributed by atoms with Crippen LogP contribution in [-0.4, -0.2) is 15.7 Å². The Kier molecular flexibility index (Phi) is 5.95. The summed E-state index contributed by atoms with van der Waals surface area (Å²) in [6.07, 6.45) is 0.426. The van der Waals surface area contributed by atoms with E-state index in [-0.39, 0.29) is 11.5 Å². The van der Waals surface area contributed by atoms with E-state index in [1.807, 2.05) is 39.0 Å². The molecule has 0 aliphatic heterocycles. The number of amides is 1. The van der Waals surface area contributed by atoms with Gasteiger partial charge in [-0.2, -0.15) is 5.10 Å². The van der Waals surface area contributed by atoms with Gasteiger partial charge in [-0.05, 0) is 56.2 Å². The summed E-state index contributed by atoms with van der Waals surface area (Å²) < 4.78 is 1.26. The molecule has 0 fully saturated rings. The smallest absolute Gasteiger partial charge is 0.267 e. The van der Waals surface area contributed by atoms with Gasteiger partial charge in [0.25, 0.3) is 5.56 Å². The highest BCUT2D eigenvalue weighted by Crippen LogP contribution is 2.23. The number of nitrogens with zero attached hydrogens (tertiary/aromatic N) is 2. The summed E-state index contributed by atoms with van der Waals surface area (Å²) in [7, 11) is 0. The van der Waals surface area contributed by atoms with Crippen molar-refractivity contribution in [1.29, 1.82) is 0 Å². The number of anilines is 1. The van der Waals surface area contributed by atoms with E-state index in [4.69, 9.17) is 11.6 Å². The maximum absolute atomic E-state index is 12.8. The third-order valence-corrected chi connectivity index (χ3v) is 4.81. The first-order chi connectivity index (χ1) is 13.4. The molecule has 0 radical (unpaired) electrons. The van der Waals surface area contributed by atoms with E-state index in [9.17, 15) is 9.59 Å². The molecule has 3 rings (SSSR count). The molecule has 28 heavy (non-hydrogen) atoms. The first-order valence-corrected chi connectivity index (χ1v) is 9.50. The number of carbonyl (C=O) groups is 1. The minimum Gasteiger partial charge on any atom is -0.324 e. The van der Waals surface area contributed by atoms with E-state index in [0.717, 1.165) is 16.7 Å². The summed E-state index contributed by atoms with van der Waals surface area (Å²) in [5.41, 5.74) is 4.02. The lowest BCUT2D eigenvalue weighted by Gasteiger charge is -2.18. The van der Waals surface area contributed by atoms with Crippen LogP contribution in [0.5, 0.6) is 0 Å². The zero-order chi connectivity index (χ0) is 20.3. The van der Waals surface area contributed by atoms with Gasteiger partial charge in [0.15, 0.2) is 0 Å². The van der Waals surface area contributed by atoms with Crippen molar-refractivity contribution in [1.82, 2.24) is 9.78 Å². The summed E-state index contributed by atoms with van der Waals surface area (Å²) in [5, 5.41) is 7.86. The Morgan fingerprint density at radius 3 is 2.64 bits per heavy atom. The van der Waals surface area contributed by atoms with Crippen molar-refractivity contribution in [2.24, 2.45) is 0 Å². The molecule has 0 spiro atoms. The molecule has 0 unspecified atom stereocenters. The fourth-order valence-electron chi connectivity index (χ4n) is 3.07. The summed E-state index contributed by atoms with van der Waals surface area (Å²) in [4.78, 5) is 25.3. The molecule has 1 atom stereocenters. The molecule has 6 heteroatoms. The maximum Gasteiger partial charge on any atom is 0.267 e. The number of benzene rings is 2. The molecule has 2 aromatic carbocycles. The Hall–Kier alpha value is -2.92. The number of rotatable bonds is 5. The van der Waals surface area contributed by atoms with Crippen LogP contribution in [0.25, 0.3) is 11.3 Å². The van der Waals surface area contributed by atoms with E-state index in [2.05, 4.69) is 10.4 Å². The van der Waals surface area contributed by atoms with Crippen LogP contribution >= 0.6 is 11.6 Å². The first kappa shape index (κ1) is 19.8. The Balaban J connectivity index is 1.97. The van der Waals surface area contributed by atoms with Crippen molar-refractivity contribution in [2.45, 2.75) is 33.2 Å². The summed E-state index contributed by atoms with van der Waals surface area (Å²) in [6, 6.07) is 15.4. The van der Waals surface area contributed by atoms with Crippen LogP contribution in [0.1, 0.15) is 30.5 Å². The standard InChI is InChI=1S/C22H22ClN3O2/c1-4-20(22(28)24-17-7-5-6-16(23)13-17)26-21(27)11-10-19(25-26)18-12-14(2)8-9-15(18)3/h5-13,20H,4H2,1-3H3,(H,24,28)/t20-/m0/s1. The molecule has 0 aliphatic rings. The fraction of sp³-hybridized carbons (Fsp3) is 0.227.